The molecule has 0 aromatic heterocycles. The van der Waals surface area contributed by atoms with E-state index < -0.39 is 0 Å². The highest BCUT2D eigenvalue weighted by Gasteiger charge is 2.16. The molecule has 2 N–H and O–H groups in total. The number of benzene rings is 1. The molecule has 1 heterocycles. The third kappa shape index (κ3) is 2.08. The maximum absolute atomic E-state index is 9.34. The van der Waals surface area contributed by atoms with Crippen molar-refractivity contribution in [3.63, 3.8) is 0 Å². The Morgan fingerprint density at radius 1 is 1.46 bits per heavy atom. The minimum absolute atomic E-state index is 0. The SMILES string of the molecule is Cl.OC1CNc2c(Cl)cccc2C1. The largest absolute Gasteiger partial charge is 0.391 e. The summed E-state index contributed by atoms with van der Waals surface area (Å²) in [6.07, 6.45) is 0.416. The molecule has 1 aliphatic rings. The van der Waals surface area contributed by atoms with Gasteiger partial charge < -0.3 is 10.4 Å². The highest BCUT2D eigenvalue weighted by atomic mass is 35.5. The minimum Gasteiger partial charge on any atom is -0.391 e. The summed E-state index contributed by atoms with van der Waals surface area (Å²) < 4.78 is 0. The van der Waals surface area contributed by atoms with Crippen molar-refractivity contribution in [1.82, 2.24) is 0 Å². The van der Waals surface area contributed by atoms with Crippen LogP contribution in [-0.4, -0.2) is 17.8 Å². The van der Waals surface area contributed by atoms with Crippen LogP contribution >= 0.6 is 24.0 Å². The molecule has 13 heavy (non-hydrogen) atoms. The Morgan fingerprint density at radius 2 is 2.23 bits per heavy atom. The molecule has 0 saturated heterocycles. The van der Waals surface area contributed by atoms with Gasteiger partial charge >= 0.3 is 0 Å². The van der Waals surface area contributed by atoms with Crippen molar-refractivity contribution in [1.29, 1.82) is 0 Å². The van der Waals surface area contributed by atoms with E-state index in [-0.39, 0.29) is 18.5 Å². The first-order valence-electron chi connectivity index (χ1n) is 3.96. The second kappa shape index (κ2) is 4.18. The molecule has 0 saturated carbocycles. The molecule has 0 bridgehead atoms. The summed E-state index contributed by atoms with van der Waals surface area (Å²) in [6, 6.07) is 5.74. The van der Waals surface area contributed by atoms with Crippen LogP contribution < -0.4 is 5.32 Å². The zero-order chi connectivity index (χ0) is 8.55. The van der Waals surface area contributed by atoms with Crippen LogP contribution in [0.3, 0.4) is 0 Å². The Hall–Kier alpha value is -0.440. The van der Waals surface area contributed by atoms with Gasteiger partial charge in [-0.25, -0.2) is 0 Å². The Kier molecular flexibility index (Phi) is 3.42. The molecule has 0 amide bonds. The van der Waals surface area contributed by atoms with Gasteiger partial charge in [0.05, 0.1) is 16.8 Å². The number of fused-ring (bicyclic) bond motifs is 1. The van der Waals surface area contributed by atoms with Gasteiger partial charge in [-0.3, -0.25) is 0 Å². The van der Waals surface area contributed by atoms with Crippen molar-refractivity contribution in [3.05, 3.63) is 28.8 Å². The maximum Gasteiger partial charge on any atom is 0.0753 e. The van der Waals surface area contributed by atoms with Gasteiger partial charge in [-0.1, -0.05) is 23.7 Å². The van der Waals surface area contributed by atoms with Crippen LogP contribution in [0, 0.1) is 0 Å². The van der Waals surface area contributed by atoms with Gasteiger partial charge in [-0.05, 0) is 11.6 Å². The molecule has 0 fully saturated rings. The summed E-state index contributed by atoms with van der Waals surface area (Å²) in [6.45, 7) is 0.594. The molecule has 4 heteroatoms. The molecule has 72 valence electrons. The minimum atomic E-state index is -0.282. The number of aliphatic hydroxyl groups excluding tert-OH is 1. The molecule has 2 nitrogen and oxygen atoms in total. The highest BCUT2D eigenvalue weighted by molar-refractivity contribution is 6.33. The lowest BCUT2D eigenvalue weighted by atomic mass is 10.0. The van der Waals surface area contributed by atoms with Crippen LogP contribution in [0.15, 0.2) is 18.2 Å². The second-order valence-electron chi connectivity index (χ2n) is 3.01. The van der Waals surface area contributed by atoms with Crippen molar-refractivity contribution in [2.45, 2.75) is 12.5 Å². The number of β-amino-alcohol motifs (C(OH)–C–C–N with tert-alkyl or cyclic N) is 1. The van der Waals surface area contributed by atoms with Crippen molar-refractivity contribution in [2.75, 3.05) is 11.9 Å². The standard InChI is InChI=1S/C9H10ClNO.ClH/c10-8-3-1-2-6-4-7(12)5-11-9(6)8;/h1-3,7,11-12H,4-5H2;1H. The van der Waals surface area contributed by atoms with Crippen LogP contribution in [0.1, 0.15) is 5.56 Å². The van der Waals surface area contributed by atoms with Crippen LogP contribution in [0.5, 0.6) is 0 Å². The maximum atomic E-state index is 9.34. The number of para-hydroxylation sites is 1. The molecule has 1 unspecified atom stereocenters. The van der Waals surface area contributed by atoms with Gasteiger partial charge in [0.25, 0.3) is 0 Å². The van der Waals surface area contributed by atoms with Gasteiger partial charge in [0, 0.05) is 13.0 Å². The van der Waals surface area contributed by atoms with Crippen LogP contribution in [0.4, 0.5) is 5.69 Å². The lowest BCUT2D eigenvalue weighted by Gasteiger charge is -2.23. The number of rotatable bonds is 0. The van der Waals surface area contributed by atoms with E-state index in [0.29, 0.717) is 13.0 Å². The molecule has 0 spiro atoms. The first-order chi connectivity index (χ1) is 5.77. The summed E-state index contributed by atoms with van der Waals surface area (Å²) in [5.41, 5.74) is 2.07. The predicted molar refractivity (Wildman–Crippen MR) is 56.9 cm³/mol. The molecule has 1 aliphatic heterocycles. The lowest BCUT2D eigenvalue weighted by molar-refractivity contribution is 0.184. The summed E-state index contributed by atoms with van der Waals surface area (Å²) in [7, 11) is 0. The van der Waals surface area contributed by atoms with E-state index in [4.69, 9.17) is 11.6 Å². The Balaban J connectivity index is 0.000000845. The smallest absolute Gasteiger partial charge is 0.0753 e. The van der Waals surface area contributed by atoms with Gasteiger partial charge in [0.1, 0.15) is 0 Å². The first kappa shape index (κ1) is 10.6. The monoisotopic (exact) mass is 219 g/mol. The predicted octanol–water partition coefficient (Wildman–Crippen LogP) is 2.09. The fourth-order valence-corrected chi connectivity index (χ4v) is 1.74. The molecule has 2 rings (SSSR count). The average molecular weight is 220 g/mol. The van der Waals surface area contributed by atoms with Gasteiger partial charge in [0.2, 0.25) is 0 Å². The molecule has 1 aromatic carbocycles. The molecule has 1 atom stereocenters. The van der Waals surface area contributed by atoms with Gasteiger partial charge in [-0.2, -0.15) is 0 Å². The van der Waals surface area contributed by atoms with E-state index in [1.807, 2.05) is 18.2 Å². The van der Waals surface area contributed by atoms with Crippen molar-refractivity contribution >= 4 is 29.7 Å². The lowest BCUT2D eigenvalue weighted by Crippen LogP contribution is -2.27. The number of aliphatic hydroxyl groups is 1. The van der Waals surface area contributed by atoms with Gasteiger partial charge in [0.15, 0.2) is 0 Å². The number of hydrogen-bond donors (Lipinski definition) is 2. The third-order valence-corrected chi connectivity index (χ3v) is 2.38. The fourth-order valence-electron chi connectivity index (χ4n) is 1.48. The summed E-state index contributed by atoms with van der Waals surface area (Å²) in [4.78, 5) is 0. The van der Waals surface area contributed by atoms with E-state index in [9.17, 15) is 5.11 Å². The van der Waals surface area contributed by atoms with Crippen LogP contribution in [-0.2, 0) is 6.42 Å². The van der Waals surface area contributed by atoms with E-state index in [1.54, 1.807) is 0 Å². The van der Waals surface area contributed by atoms with Crippen molar-refractivity contribution < 1.29 is 5.11 Å². The van der Waals surface area contributed by atoms with Gasteiger partial charge in [-0.15, -0.1) is 12.4 Å². The molecular weight excluding hydrogens is 209 g/mol. The van der Waals surface area contributed by atoms with E-state index in [1.165, 1.54) is 0 Å². The molecule has 0 aliphatic carbocycles. The molecular formula is C9H11Cl2NO. The van der Waals surface area contributed by atoms with Crippen molar-refractivity contribution in [3.8, 4) is 0 Å². The third-order valence-electron chi connectivity index (χ3n) is 2.07. The van der Waals surface area contributed by atoms with Crippen molar-refractivity contribution in [2.24, 2.45) is 0 Å². The Labute approximate surface area is 88.3 Å². The number of hydrogen-bond acceptors (Lipinski definition) is 2. The van der Waals surface area contributed by atoms with Crippen LogP contribution in [0.2, 0.25) is 5.02 Å². The number of nitrogens with one attached hydrogen (secondary N) is 1. The Bertz CT molecular complexity index is 304. The molecule has 0 radical (unpaired) electrons. The topological polar surface area (TPSA) is 32.3 Å². The zero-order valence-corrected chi connectivity index (χ0v) is 8.53. The van der Waals surface area contributed by atoms with Crippen LogP contribution in [0.25, 0.3) is 0 Å². The first-order valence-corrected chi connectivity index (χ1v) is 4.34. The summed E-state index contributed by atoms with van der Waals surface area (Å²) in [5.74, 6) is 0. The van der Waals surface area contributed by atoms with E-state index >= 15 is 0 Å². The van der Waals surface area contributed by atoms with E-state index in [2.05, 4.69) is 5.32 Å². The zero-order valence-electron chi connectivity index (χ0n) is 6.96. The Morgan fingerprint density at radius 3 is 3.00 bits per heavy atom. The fraction of sp³-hybridized carbons (Fsp3) is 0.333. The normalized spacial score (nSPS) is 19.7. The molecule has 1 aromatic rings. The number of halogens is 2. The average Bonchev–Trinajstić information content (AvgIpc) is 2.04. The quantitative estimate of drug-likeness (QED) is 0.701. The summed E-state index contributed by atoms with van der Waals surface area (Å²) in [5, 5.41) is 13.2. The highest BCUT2D eigenvalue weighted by Crippen LogP contribution is 2.29. The second-order valence-corrected chi connectivity index (χ2v) is 3.42. The van der Waals surface area contributed by atoms with E-state index in [0.717, 1.165) is 16.3 Å². The number of anilines is 1. The summed E-state index contributed by atoms with van der Waals surface area (Å²) >= 11 is 5.95.